The molecule has 0 bridgehead atoms. The van der Waals surface area contributed by atoms with Gasteiger partial charge in [0.15, 0.2) is 0 Å². The molecule has 21 heavy (non-hydrogen) atoms. The van der Waals surface area contributed by atoms with E-state index in [1.54, 1.807) is 4.90 Å². The summed E-state index contributed by atoms with van der Waals surface area (Å²) in [6.07, 6.45) is 0.270. The van der Waals surface area contributed by atoms with E-state index >= 15 is 0 Å². The maximum absolute atomic E-state index is 12.1. The number of carbonyl (C=O) groups excluding carboxylic acids is 2. The molecule has 0 unspecified atom stereocenters. The summed E-state index contributed by atoms with van der Waals surface area (Å²) in [6, 6.07) is 7.48. The molecule has 0 spiro atoms. The molecule has 0 aliphatic carbocycles. The zero-order chi connectivity index (χ0) is 15.4. The molecular formula is C16H22N2O3. The molecule has 1 atom stereocenters. The molecule has 0 saturated carbocycles. The van der Waals surface area contributed by atoms with Crippen LogP contribution < -0.4 is 15.0 Å². The van der Waals surface area contributed by atoms with E-state index in [0.29, 0.717) is 13.2 Å². The Bertz CT molecular complexity index is 511. The van der Waals surface area contributed by atoms with E-state index in [1.807, 2.05) is 45.0 Å². The van der Waals surface area contributed by atoms with Crippen LogP contribution in [0.5, 0.6) is 5.75 Å². The first kappa shape index (κ1) is 15.4. The van der Waals surface area contributed by atoms with Crippen molar-refractivity contribution in [2.45, 2.75) is 33.2 Å². The van der Waals surface area contributed by atoms with Crippen molar-refractivity contribution in [2.75, 3.05) is 18.1 Å². The summed E-state index contributed by atoms with van der Waals surface area (Å²) in [7, 11) is 0. The third-order valence-electron chi connectivity index (χ3n) is 3.39. The SMILES string of the molecule is CCOc1ccc(N2C[C@H](C(=O)NC(C)C)CC2=O)cc1. The average Bonchev–Trinajstić information content (AvgIpc) is 2.81. The summed E-state index contributed by atoms with van der Waals surface area (Å²) in [5.74, 6) is 0.448. The molecule has 0 aromatic heterocycles. The van der Waals surface area contributed by atoms with E-state index in [-0.39, 0.29) is 30.2 Å². The van der Waals surface area contributed by atoms with Crippen LogP contribution in [0, 0.1) is 5.92 Å². The predicted octanol–water partition coefficient (Wildman–Crippen LogP) is 1.96. The standard InChI is InChI=1S/C16H22N2O3/c1-4-21-14-7-5-13(6-8-14)18-10-12(9-15(18)19)16(20)17-11(2)3/h5-8,11-12H,4,9-10H2,1-3H3,(H,17,20)/t12-/m1/s1. The lowest BCUT2D eigenvalue weighted by molar-refractivity contribution is -0.126. The summed E-state index contributed by atoms with van der Waals surface area (Å²) in [6.45, 7) is 6.80. The van der Waals surface area contributed by atoms with Gasteiger partial charge in [-0.25, -0.2) is 0 Å². The molecule has 1 N–H and O–H groups in total. The van der Waals surface area contributed by atoms with Crippen LogP contribution in [-0.2, 0) is 9.59 Å². The molecule has 5 heteroatoms. The van der Waals surface area contributed by atoms with E-state index in [4.69, 9.17) is 4.74 Å². The van der Waals surface area contributed by atoms with Gasteiger partial charge >= 0.3 is 0 Å². The number of nitrogens with one attached hydrogen (secondary N) is 1. The van der Waals surface area contributed by atoms with Crippen molar-refractivity contribution >= 4 is 17.5 Å². The zero-order valence-corrected chi connectivity index (χ0v) is 12.8. The van der Waals surface area contributed by atoms with E-state index in [9.17, 15) is 9.59 Å². The number of ether oxygens (including phenoxy) is 1. The summed E-state index contributed by atoms with van der Waals surface area (Å²) < 4.78 is 5.39. The number of amides is 2. The van der Waals surface area contributed by atoms with Crippen molar-refractivity contribution in [3.63, 3.8) is 0 Å². The van der Waals surface area contributed by atoms with Crippen molar-refractivity contribution in [1.82, 2.24) is 5.32 Å². The lowest BCUT2D eigenvalue weighted by Gasteiger charge is -2.17. The minimum Gasteiger partial charge on any atom is -0.494 e. The second-order valence-electron chi connectivity index (χ2n) is 5.50. The van der Waals surface area contributed by atoms with E-state index in [1.165, 1.54) is 0 Å². The number of carbonyl (C=O) groups is 2. The smallest absolute Gasteiger partial charge is 0.227 e. The molecule has 2 rings (SSSR count). The molecule has 5 nitrogen and oxygen atoms in total. The normalized spacial score (nSPS) is 18.2. The van der Waals surface area contributed by atoms with Gasteiger partial charge in [0.2, 0.25) is 11.8 Å². The Morgan fingerprint density at radius 1 is 1.38 bits per heavy atom. The molecule has 0 radical (unpaired) electrons. The molecule has 1 aromatic carbocycles. The first-order valence-electron chi connectivity index (χ1n) is 7.35. The lowest BCUT2D eigenvalue weighted by atomic mass is 10.1. The number of anilines is 1. The first-order chi connectivity index (χ1) is 10.0. The van der Waals surface area contributed by atoms with Gasteiger partial charge in [-0.05, 0) is 45.0 Å². The van der Waals surface area contributed by atoms with Gasteiger partial charge in [-0.3, -0.25) is 9.59 Å². The highest BCUT2D eigenvalue weighted by Crippen LogP contribution is 2.27. The van der Waals surface area contributed by atoms with E-state index in [0.717, 1.165) is 11.4 Å². The Hall–Kier alpha value is -2.04. The van der Waals surface area contributed by atoms with Crippen molar-refractivity contribution in [3.05, 3.63) is 24.3 Å². The largest absolute Gasteiger partial charge is 0.494 e. The molecular weight excluding hydrogens is 268 g/mol. The number of benzene rings is 1. The molecule has 1 fully saturated rings. The van der Waals surface area contributed by atoms with Gasteiger partial charge in [0, 0.05) is 24.7 Å². The Morgan fingerprint density at radius 2 is 2.05 bits per heavy atom. The van der Waals surface area contributed by atoms with Crippen LogP contribution >= 0.6 is 0 Å². The van der Waals surface area contributed by atoms with Crippen LogP contribution in [0.2, 0.25) is 0 Å². The fraction of sp³-hybridized carbons (Fsp3) is 0.500. The number of hydrogen-bond acceptors (Lipinski definition) is 3. The molecule has 1 saturated heterocycles. The quantitative estimate of drug-likeness (QED) is 0.902. The third-order valence-corrected chi connectivity index (χ3v) is 3.39. The Morgan fingerprint density at radius 3 is 2.62 bits per heavy atom. The topological polar surface area (TPSA) is 58.6 Å². The number of hydrogen-bond donors (Lipinski definition) is 1. The van der Waals surface area contributed by atoms with E-state index in [2.05, 4.69) is 5.32 Å². The minimum atomic E-state index is -0.272. The summed E-state index contributed by atoms with van der Waals surface area (Å²) in [4.78, 5) is 25.8. The monoisotopic (exact) mass is 290 g/mol. The van der Waals surface area contributed by atoms with Crippen LogP contribution in [0.15, 0.2) is 24.3 Å². The van der Waals surface area contributed by atoms with Gasteiger partial charge in [-0.2, -0.15) is 0 Å². The Labute approximate surface area is 125 Å². The van der Waals surface area contributed by atoms with Crippen LogP contribution in [-0.4, -0.2) is 31.0 Å². The van der Waals surface area contributed by atoms with Crippen LogP contribution in [0.4, 0.5) is 5.69 Å². The van der Waals surface area contributed by atoms with Crippen LogP contribution in [0.3, 0.4) is 0 Å². The predicted molar refractivity (Wildman–Crippen MR) is 81.3 cm³/mol. The van der Waals surface area contributed by atoms with Gasteiger partial charge in [0.05, 0.1) is 12.5 Å². The summed E-state index contributed by atoms with van der Waals surface area (Å²) in [5, 5.41) is 2.87. The third kappa shape index (κ3) is 3.74. The summed E-state index contributed by atoms with van der Waals surface area (Å²) in [5.41, 5.74) is 0.809. The molecule has 1 aliphatic rings. The minimum absolute atomic E-state index is 0.0110. The Balaban J connectivity index is 2.04. The maximum atomic E-state index is 12.1. The van der Waals surface area contributed by atoms with Crippen molar-refractivity contribution in [1.29, 1.82) is 0 Å². The molecule has 2 amide bonds. The van der Waals surface area contributed by atoms with Gasteiger partial charge in [-0.1, -0.05) is 0 Å². The van der Waals surface area contributed by atoms with Crippen molar-refractivity contribution in [3.8, 4) is 5.75 Å². The highest BCUT2D eigenvalue weighted by atomic mass is 16.5. The molecule has 1 aromatic rings. The molecule has 1 aliphatic heterocycles. The molecule has 1 heterocycles. The van der Waals surface area contributed by atoms with Gasteiger partial charge in [0.25, 0.3) is 0 Å². The van der Waals surface area contributed by atoms with Crippen molar-refractivity contribution in [2.24, 2.45) is 5.92 Å². The first-order valence-corrected chi connectivity index (χ1v) is 7.35. The van der Waals surface area contributed by atoms with E-state index < -0.39 is 0 Å². The highest BCUT2D eigenvalue weighted by molar-refractivity contribution is 6.00. The molecule has 114 valence electrons. The summed E-state index contributed by atoms with van der Waals surface area (Å²) >= 11 is 0. The second kappa shape index (κ2) is 6.61. The van der Waals surface area contributed by atoms with Gasteiger partial charge in [0.1, 0.15) is 5.75 Å². The number of nitrogens with zero attached hydrogens (tertiary/aromatic N) is 1. The van der Waals surface area contributed by atoms with Crippen LogP contribution in [0.25, 0.3) is 0 Å². The van der Waals surface area contributed by atoms with Crippen LogP contribution in [0.1, 0.15) is 27.2 Å². The van der Waals surface area contributed by atoms with Crippen molar-refractivity contribution < 1.29 is 14.3 Å². The average molecular weight is 290 g/mol. The van der Waals surface area contributed by atoms with Gasteiger partial charge < -0.3 is 15.0 Å². The second-order valence-corrected chi connectivity index (χ2v) is 5.50. The fourth-order valence-electron chi connectivity index (χ4n) is 2.42. The number of rotatable bonds is 5. The fourth-order valence-corrected chi connectivity index (χ4v) is 2.42. The highest BCUT2D eigenvalue weighted by Gasteiger charge is 2.35. The van der Waals surface area contributed by atoms with Gasteiger partial charge in [-0.15, -0.1) is 0 Å². The Kier molecular flexibility index (Phi) is 4.83. The lowest BCUT2D eigenvalue weighted by Crippen LogP contribution is -2.36. The zero-order valence-electron chi connectivity index (χ0n) is 12.8. The maximum Gasteiger partial charge on any atom is 0.227 e.